The molecule has 1 aromatic heterocycles. The second kappa shape index (κ2) is 18.6. The molecule has 0 unspecified atom stereocenters. The highest BCUT2D eigenvalue weighted by atomic mass is 15.2. The third-order valence-electron chi connectivity index (χ3n) is 14.6. The van der Waals surface area contributed by atoms with Gasteiger partial charge in [0.2, 0.25) is 0 Å². The average Bonchev–Trinajstić information content (AvgIpc) is 3.50. The van der Waals surface area contributed by atoms with E-state index in [1.807, 2.05) is 36.4 Å². The Hall–Kier alpha value is -9.91. The lowest BCUT2D eigenvalue weighted by Gasteiger charge is -2.44. The molecular weight excluding hydrogens is 910 g/mol. The van der Waals surface area contributed by atoms with Crippen LogP contribution in [0.4, 0.5) is 34.1 Å². The Morgan fingerprint density at radius 1 is 0.227 bits per heavy atom. The first-order chi connectivity index (χ1) is 37.2. The Kier molecular flexibility index (Phi) is 10.9. The number of fused-ring (bicyclic) bond motifs is 4. The molecule has 12 aromatic rings. The minimum absolute atomic E-state index is 0.0983. The summed E-state index contributed by atoms with van der Waals surface area (Å²) < 4.78 is 0. The number of benzene rings is 11. The molecule has 5 nitrogen and oxygen atoms in total. The van der Waals surface area contributed by atoms with Gasteiger partial charge in [0, 0.05) is 50.8 Å². The molecule has 0 amide bonds. The van der Waals surface area contributed by atoms with E-state index in [9.17, 15) is 0 Å². The van der Waals surface area contributed by atoms with Crippen LogP contribution in [0.25, 0.3) is 78.7 Å². The Bertz CT molecular complexity index is 3690. The van der Waals surface area contributed by atoms with Gasteiger partial charge in [-0.25, -0.2) is 15.0 Å². The van der Waals surface area contributed by atoms with E-state index >= 15 is 0 Å². The molecule has 0 saturated heterocycles. The molecule has 2 aliphatic heterocycles. The summed E-state index contributed by atoms with van der Waals surface area (Å²) in [6.45, 7) is -0.0983. The molecule has 3 heterocycles. The molecule has 0 bridgehead atoms. The van der Waals surface area contributed by atoms with Crippen LogP contribution in [0.1, 0.15) is 0 Å². The SMILES string of the molecule is c1ccc(-c2cc(-c3ccccc3)cc(N3c4ccccc4B4c5ccccc5N(c5cc(-c6ccccc6)cc(-c6ccccc6)c5)c5cc(-c6nc(-c7ccccc7)nc(-c7ccccc7)n6)cc3c54)c2)cc1. The van der Waals surface area contributed by atoms with Crippen molar-refractivity contribution in [1.82, 2.24) is 15.0 Å². The second-order valence-electron chi connectivity index (χ2n) is 19.2. The molecule has 0 spiro atoms. The predicted octanol–water partition coefficient (Wildman–Crippen LogP) is 15.6. The van der Waals surface area contributed by atoms with Crippen LogP contribution in [0.2, 0.25) is 0 Å². The van der Waals surface area contributed by atoms with Crippen molar-refractivity contribution < 1.29 is 0 Å². The fourth-order valence-electron chi connectivity index (χ4n) is 11.2. The molecule has 14 rings (SSSR count). The lowest BCUT2D eigenvalue weighted by atomic mass is 9.33. The van der Waals surface area contributed by atoms with Gasteiger partial charge in [-0.1, -0.05) is 218 Å². The smallest absolute Gasteiger partial charge is 0.252 e. The van der Waals surface area contributed by atoms with Crippen LogP contribution in [0.3, 0.4) is 0 Å². The van der Waals surface area contributed by atoms with Crippen LogP contribution in [-0.4, -0.2) is 21.7 Å². The summed E-state index contributed by atoms with van der Waals surface area (Å²) in [7, 11) is 0. The Morgan fingerprint density at radius 2 is 0.507 bits per heavy atom. The minimum atomic E-state index is -0.0983. The maximum absolute atomic E-state index is 5.40. The van der Waals surface area contributed by atoms with E-state index in [1.54, 1.807) is 0 Å². The van der Waals surface area contributed by atoms with Crippen molar-refractivity contribution in [2.75, 3.05) is 9.80 Å². The van der Waals surface area contributed by atoms with E-state index in [0.29, 0.717) is 17.5 Å². The maximum Gasteiger partial charge on any atom is 0.252 e. The Morgan fingerprint density at radius 3 is 0.840 bits per heavy atom. The molecule has 2 aliphatic rings. The van der Waals surface area contributed by atoms with Gasteiger partial charge in [-0.2, -0.15) is 0 Å². The highest BCUT2D eigenvalue weighted by Gasteiger charge is 2.44. The Labute approximate surface area is 437 Å². The molecule has 0 N–H and O–H groups in total. The van der Waals surface area contributed by atoms with E-state index in [0.717, 1.165) is 95.3 Å². The normalized spacial score (nSPS) is 12.2. The third-order valence-corrected chi connectivity index (χ3v) is 14.6. The topological polar surface area (TPSA) is 45.2 Å². The second-order valence-corrected chi connectivity index (χ2v) is 19.2. The summed E-state index contributed by atoms with van der Waals surface area (Å²) in [5.41, 5.74) is 22.0. The van der Waals surface area contributed by atoms with Crippen molar-refractivity contribution in [2.45, 2.75) is 0 Å². The number of nitrogens with zero attached hydrogens (tertiary/aromatic N) is 5. The summed E-state index contributed by atoms with van der Waals surface area (Å²) in [6.07, 6.45) is 0. The van der Waals surface area contributed by atoms with Gasteiger partial charge in [0.1, 0.15) is 0 Å². The Balaban J connectivity index is 1.10. The summed E-state index contributed by atoms with van der Waals surface area (Å²) in [4.78, 5) is 20.9. The zero-order valence-corrected chi connectivity index (χ0v) is 40.9. The molecule has 350 valence electrons. The predicted molar refractivity (Wildman–Crippen MR) is 312 cm³/mol. The van der Waals surface area contributed by atoms with Crippen molar-refractivity contribution in [3.8, 4) is 78.7 Å². The van der Waals surface area contributed by atoms with Crippen molar-refractivity contribution in [2.24, 2.45) is 0 Å². The zero-order valence-electron chi connectivity index (χ0n) is 40.9. The highest BCUT2D eigenvalue weighted by Crippen LogP contribution is 2.48. The van der Waals surface area contributed by atoms with Crippen molar-refractivity contribution >= 4 is 57.2 Å². The van der Waals surface area contributed by atoms with E-state index in [4.69, 9.17) is 15.0 Å². The first-order valence-electron chi connectivity index (χ1n) is 25.5. The van der Waals surface area contributed by atoms with E-state index < -0.39 is 0 Å². The van der Waals surface area contributed by atoms with E-state index in [-0.39, 0.29) is 6.71 Å². The third kappa shape index (κ3) is 7.97. The highest BCUT2D eigenvalue weighted by molar-refractivity contribution is 7.00. The summed E-state index contributed by atoms with van der Waals surface area (Å²) in [5.74, 6) is 1.81. The van der Waals surface area contributed by atoms with E-state index in [1.165, 1.54) is 16.4 Å². The van der Waals surface area contributed by atoms with Gasteiger partial charge >= 0.3 is 0 Å². The lowest BCUT2D eigenvalue weighted by Crippen LogP contribution is -2.61. The summed E-state index contributed by atoms with van der Waals surface area (Å²) in [5, 5.41) is 0. The number of hydrogen-bond acceptors (Lipinski definition) is 5. The van der Waals surface area contributed by atoms with Crippen molar-refractivity contribution in [1.29, 1.82) is 0 Å². The average molecular weight is 956 g/mol. The van der Waals surface area contributed by atoms with Gasteiger partial charge in [-0.15, -0.1) is 0 Å². The molecule has 0 saturated carbocycles. The zero-order chi connectivity index (χ0) is 49.7. The number of hydrogen-bond donors (Lipinski definition) is 0. The number of para-hydroxylation sites is 2. The molecule has 0 aliphatic carbocycles. The fourth-order valence-corrected chi connectivity index (χ4v) is 11.2. The van der Waals surface area contributed by atoms with Gasteiger partial charge < -0.3 is 9.80 Å². The van der Waals surface area contributed by atoms with Gasteiger partial charge in [-0.3, -0.25) is 0 Å². The van der Waals surface area contributed by atoms with Gasteiger partial charge in [0.15, 0.2) is 17.5 Å². The number of aromatic nitrogens is 3. The first-order valence-corrected chi connectivity index (χ1v) is 25.5. The monoisotopic (exact) mass is 955 g/mol. The van der Waals surface area contributed by atoms with Crippen LogP contribution < -0.4 is 26.2 Å². The largest absolute Gasteiger partial charge is 0.311 e. The molecule has 0 fully saturated rings. The number of anilines is 6. The van der Waals surface area contributed by atoms with Crippen molar-refractivity contribution in [3.05, 3.63) is 279 Å². The van der Waals surface area contributed by atoms with Crippen LogP contribution in [0.15, 0.2) is 279 Å². The quantitative estimate of drug-likeness (QED) is 0.135. The first kappa shape index (κ1) is 43.8. The van der Waals surface area contributed by atoms with Gasteiger partial charge in [-0.05, 0) is 122 Å². The molecule has 0 radical (unpaired) electrons. The van der Waals surface area contributed by atoms with Crippen molar-refractivity contribution in [3.63, 3.8) is 0 Å². The van der Waals surface area contributed by atoms with Gasteiger partial charge in [0.05, 0.1) is 0 Å². The number of rotatable bonds is 9. The van der Waals surface area contributed by atoms with Gasteiger partial charge in [0.25, 0.3) is 6.71 Å². The molecule has 0 atom stereocenters. The van der Waals surface area contributed by atoms with Crippen LogP contribution in [0.5, 0.6) is 0 Å². The summed E-state index contributed by atoms with van der Waals surface area (Å²) in [6, 6.07) is 100. The standard InChI is InChI=1S/C69H46BN5/c1-7-23-47(24-8-1)53-39-54(48-25-9-2-10-26-48)42-58(41-53)74-62-37-21-19-35-60(62)70-61-36-20-22-38-63(61)75(59-43-55(49-27-11-3-12-28-49)40-56(44-59)50-29-13-4-14-30-50)65-46-57(45-64(74)66(65)70)69-72-67(51-31-15-5-16-32-51)71-68(73-69)52-33-17-6-18-34-52/h1-46H. The lowest BCUT2D eigenvalue weighted by molar-refractivity contribution is 1.07. The van der Waals surface area contributed by atoms with Crippen LogP contribution in [-0.2, 0) is 0 Å². The van der Waals surface area contributed by atoms with Crippen LogP contribution >= 0.6 is 0 Å². The fraction of sp³-hybridized carbons (Fsp3) is 0. The van der Waals surface area contributed by atoms with E-state index in [2.05, 4.69) is 252 Å². The summed E-state index contributed by atoms with van der Waals surface area (Å²) >= 11 is 0. The molecular formula is C69H46BN5. The maximum atomic E-state index is 5.40. The minimum Gasteiger partial charge on any atom is -0.311 e. The molecule has 6 heteroatoms. The molecule has 11 aromatic carbocycles. The van der Waals surface area contributed by atoms with Crippen LogP contribution in [0, 0.1) is 0 Å². The molecule has 75 heavy (non-hydrogen) atoms.